The molecular weight excluding hydrogens is 432 g/mol. The van der Waals surface area contributed by atoms with Crippen molar-refractivity contribution in [1.82, 2.24) is 9.80 Å². The third-order valence-corrected chi connectivity index (χ3v) is 6.47. The monoisotopic (exact) mass is 456 g/mol. The van der Waals surface area contributed by atoms with E-state index in [0.717, 1.165) is 5.56 Å². The molecule has 2 aliphatic heterocycles. The number of piperazine rings is 1. The first kappa shape index (κ1) is 22.3. The maximum atomic E-state index is 13.3. The van der Waals surface area contributed by atoms with Crippen LogP contribution in [0.25, 0.3) is 0 Å². The Morgan fingerprint density at radius 2 is 1.72 bits per heavy atom. The van der Waals surface area contributed by atoms with Gasteiger partial charge in [-0.1, -0.05) is 48.0 Å². The summed E-state index contributed by atoms with van der Waals surface area (Å²) in [7, 11) is 1.35. The highest BCUT2D eigenvalue weighted by atomic mass is 35.5. The van der Waals surface area contributed by atoms with Gasteiger partial charge >= 0.3 is 11.9 Å². The number of carbonyl (C=O) groups excluding carboxylic acids is 3. The Hall–Kier alpha value is -2.90. The maximum absolute atomic E-state index is 13.3. The Morgan fingerprint density at radius 1 is 1.06 bits per heavy atom. The molecule has 0 bridgehead atoms. The van der Waals surface area contributed by atoms with Crippen LogP contribution in [0.4, 0.5) is 0 Å². The number of amides is 1. The number of esters is 2. The van der Waals surface area contributed by atoms with E-state index < -0.39 is 23.6 Å². The number of ether oxygens (including phenoxy) is 2. The second kappa shape index (κ2) is 8.92. The minimum absolute atomic E-state index is 0.229. The number of hydrogen-bond donors (Lipinski definition) is 0. The summed E-state index contributed by atoms with van der Waals surface area (Å²) in [6, 6.07) is 13.7. The predicted molar refractivity (Wildman–Crippen MR) is 118 cm³/mol. The zero-order chi connectivity index (χ0) is 22.9. The minimum Gasteiger partial charge on any atom is -0.468 e. The molecule has 8 heteroatoms. The lowest BCUT2D eigenvalue weighted by Gasteiger charge is -2.42. The molecule has 2 aromatic carbocycles. The van der Waals surface area contributed by atoms with Crippen LogP contribution in [-0.4, -0.2) is 66.5 Å². The molecule has 168 valence electrons. The van der Waals surface area contributed by atoms with Gasteiger partial charge in [0.1, 0.15) is 6.04 Å². The fourth-order valence-electron chi connectivity index (χ4n) is 4.45. The summed E-state index contributed by atoms with van der Waals surface area (Å²) >= 11 is 6.35. The van der Waals surface area contributed by atoms with E-state index in [1.54, 1.807) is 42.2 Å². The molecule has 1 saturated heterocycles. The second-order valence-electron chi connectivity index (χ2n) is 8.23. The van der Waals surface area contributed by atoms with Crippen molar-refractivity contribution in [2.24, 2.45) is 0 Å². The fourth-order valence-corrected chi connectivity index (χ4v) is 4.69. The van der Waals surface area contributed by atoms with Crippen LogP contribution in [0.1, 0.15) is 34.5 Å². The Morgan fingerprint density at radius 3 is 2.41 bits per heavy atom. The van der Waals surface area contributed by atoms with Gasteiger partial charge in [0.2, 0.25) is 0 Å². The molecule has 0 saturated carbocycles. The largest absolute Gasteiger partial charge is 0.468 e. The highest BCUT2D eigenvalue weighted by molar-refractivity contribution is 6.31. The summed E-state index contributed by atoms with van der Waals surface area (Å²) in [5, 5.41) is 0.488. The lowest BCUT2D eigenvalue weighted by atomic mass is 9.88. The Balaban J connectivity index is 1.48. The SMILES string of the molecule is COC(=O)C(c1ccccc1Cl)N1CCN(C(=O)C2(C)Cc3ccccc3C(=O)O2)CC1. The van der Waals surface area contributed by atoms with Crippen molar-refractivity contribution >= 4 is 29.4 Å². The van der Waals surface area contributed by atoms with Crippen LogP contribution in [0, 0.1) is 0 Å². The Labute approximate surface area is 191 Å². The lowest BCUT2D eigenvalue weighted by Crippen LogP contribution is -2.58. The van der Waals surface area contributed by atoms with Crippen molar-refractivity contribution in [3.05, 3.63) is 70.2 Å². The molecule has 0 radical (unpaired) electrons. The molecule has 0 aliphatic carbocycles. The Kier molecular flexibility index (Phi) is 6.22. The first-order valence-electron chi connectivity index (χ1n) is 10.5. The first-order chi connectivity index (χ1) is 15.3. The zero-order valence-corrected chi connectivity index (χ0v) is 18.8. The molecule has 4 rings (SSSR count). The van der Waals surface area contributed by atoms with Crippen LogP contribution >= 0.6 is 11.6 Å². The smallest absolute Gasteiger partial charge is 0.339 e. The summed E-state index contributed by atoms with van der Waals surface area (Å²) in [5.41, 5.74) is 0.731. The van der Waals surface area contributed by atoms with Crippen molar-refractivity contribution in [2.75, 3.05) is 33.3 Å². The van der Waals surface area contributed by atoms with E-state index in [9.17, 15) is 14.4 Å². The van der Waals surface area contributed by atoms with Gasteiger partial charge in [0, 0.05) is 37.6 Å². The normalized spacial score (nSPS) is 22.0. The molecule has 0 aromatic heterocycles. The standard InChI is InChI=1S/C24H25ClN2O5/c1-24(15-16-7-3-4-8-17(16)21(28)32-24)23(30)27-13-11-26(12-14-27)20(22(29)31-2)18-9-5-6-10-19(18)25/h3-10,20H,11-15H2,1-2H3. The van der Waals surface area contributed by atoms with Gasteiger partial charge in [-0.25, -0.2) is 9.59 Å². The number of rotatable bonds is 4. The number of hydrogen-bond acceptors (Lipinski definition) is 6. The van der Waals surface area contributed by atoms with Gasteiger partial charge in [-0.05, 0) is 30.2 Å². The molecule has 2 aromatic rings. The van der Waals surface area contributed by atoms with Gasteiger partial charge in [0.05, 0.1) is 12.7 Å². The molecule has 2 unspecified atom stereocenters. The van der Waals surface area contributed by atoms with E-state index in [-0.39, 0.29) is 5.91 Å². The molecule has 32 heavy (non-hydrogen) atoms. The van der Waals surface area contributed by atoms with E-state index in [4.69, 9.17) is 21.1 Å². The van der Waals surface area contributed by atoms with Crippen molar-refractivity contribution in [1.29, 1.82) is 0 Å². The molecular formula is C24H25ClN2O5. The van der Waals surface area contributed by atoms with Gasteiger partial charge in [-0.3, -0.25) is 9.69 Å². The number of halogens is 1. The number of benzene rings is 2. The highest BCUT2D eigenvalue weighted by Gasteiger charge is 2.46. The van der Waals surface area contributed by atoms with Gasteiger partial charge in [0.25, 0.3) is 5.91 Å². The van der Waals surface area contributed by atoms with Crippen molar-refractivity contribution in [3.63, 3.8) is 0 Å². The predicted octanol–water partition coefficient (Wildman–Crippen LogP) is 2.87. The number of cyclic esters (lactones) is 1. The third-order valence-electron chi connectivity index (χ3n) is 6.13. The van der Waals surface area contributed by atoms with Crippen LogP contribution in [0.3, 0.4) is 0 Å². The molecule has 0 spiro atoms. The summed E-state index contributed by atoms with van der Waals surface area (Å²) in [4.78, 5) is 42.0. The summed E-state index contributed by atoms with van der Waals surface area (Å²) < 4.78 is 10.6. The van der Waals surface area contributed by atoms with Crippen molar-refractivity contribution in [2.45, 2.75) is 25.0 Å². The molecule has 1 fully saturated rings. The number of methoxy groups -OCH3 is 1. The van der Waals surface area contributed by atoms with Gasteiger partial charge in [-0.2, -0.15) is 0 Å². The van der Waals surface area contributed by atoms with Crippen LogP contribution in [0.5, 0.6) is 0 Å². The van der Waals surface area contributed by atoms with E-state index in [1.165, 1.54) is 7.11 Å². The number of nitrogens with zero attached hydrogens (tertiary/aromatic N) is 2. The molecule has 2 aliphatic rings. The van der Waals surface area contributed by atoms with Crippen LogP contribution in [-0.2, 0) is 25.5 Å². The van der Waals surface area contributed by atoms with Gasteiger partial charge < -0.3 is 14.4 Å². The molecule has 0 N–H and O–H groups in total. The highest BCUT2D eigenvalue weighted by Crippen LogP contribution is 2.32. The second-order valence-corrected chi connectivity index (χ2v) is 8.64. The van der Waals surface area contributed by atoms with E-state index in [1.807, 2.05) is 23.1 Å². The minimum atomic E-state index is -1.25. The van der Waals surface area contributed by atoms with E-state index in [0.29, 0.717) is 48.7 Å². The summed E-state index contributed by atoms with van der Waals surface area (Å²) in [6.45, 7) is 3.36. The van der Waals surface area contributed by atoms with Gasteiger partial charge in [-0.15, -0.1) is 0 Å². The van der Waals surface area contributed by atoms with Crippen molar-refractivity contribution < 1.29 is 23.9 Å². The Bertz CT molecular complexity index is 1050. The van der Waals surface area contributed by atoms with Crippen LogP contribution < -0.4 is 0 Å². The lowest BCUT2D eigenvalue weighted by molar-refractivity contribution is -0.155. The molecule has 2 heterocycles. The molecule has 7 nitrogen and oxygen atoms in total. The average Bonchev–Trinajstić information content (AvgIpc) is 2.80. The zero-order valence-electron chi connectivity index (χ0n) is 18.0. The third kappa shape index (κ3) is 4.10. The molecule has 1 amide bonds. The fraction of sp³-hybridized carbons (Fsp3) is 0.375. The van der Waals surface area contributed by atoms with Crippen molar-refractivity contribution in [3.8, 4) is 0 Å². The summed E-state index contributed by atoms with van der Waals surface area (Å²) in [6.07, 6.45) is 0.332. The summed E-state index contributed by atoms with van der Waals surface area (Å²) in [5.74, 6) is -1.11. The molecule has 2 atom stereocenters. The average molecular weight is 457 g/mol. The van der Waals surface area contributed by atoms with Crippen LogP contribution in [0.15, 0.2) is 48.5 Å². The van der Waals surface area contributed by atoms with E-state index in [2.05, 4.69) is 0 Å². The number of fused-ring (bicyclic) bond motifs is 1. The first-order valence-corrected chi connectivity index (χ1v) is 10.9. The topological polar surface area (TPSA) is 76.2 Å². The quantitative estimate of drug-likeness (QED) is 0.658. The van der Waals surface area contributed by atoms with Crippen LogP contribution in [0.2, 0.25) is 5.02 Å². The maximum Gasteiger partial charge on any atom is 0.339 e. The number of carbonyl (C=O) groups is 3. The van der Waals surface area contributed by atoms with Gasteiger partial charge in [0.15, 0.2) is 5.60 Å². The van der Waals surface area contributed by atoms with E-state index >= 15 is 0 Å².